The summed E-state index contributed by atoms with van der Waals surface area (Å²) in [6.07, 6.45) is 6.72. The number of carbonyl (C=O) groups excluding carboxylic acids is 2. The van der Waals surface area contributed by atoms with E-state index in [4.69, 9.17) is 4.74 Å². The maximum absolute atomic E-state index is 13.4. The van der Waals surface area contributed by atoms with Crippen LogP contribution in [0.2, 0.25) is 0 Å². The number of benzene rings is 1. The highest BCUT2D eigenvalue weighted by atomic mass is 16.5. The van der Waals surface area contributed by atoms with Crippen molar-refractivity contribution in [3.05, 3.63) is 35.4 Å². The number of nitrogens with zero attached hydrogens (tertiary/aromatic N) is 1. The number of hydrogen-bond acceptors (Lipinski definition) is 3. The zero-order chi connectivity index (χ0) is 17.1. The zero-order valence-corrected chi connectivity index (χ0v) is 14.5. The summed E-state index contributed by atoms with van der Waals surface area (Å²) in [7, 11) is 1.59. The quantitative estimate of drug-likeness (QED) is 0.610. The van der Waals surface area contributed by atoms with E-state index < -0.39 is 0 Å². The molecule has 1 heterocycles. The van der Waals surface area contributed by atoms with Crippen LogP contribution in [0.5, 0.6) is 5.75 Å². The summed E-state index contributed by atoms with van der Waals surface area (Å²) in [4.78, 5) is 28.2. The van der Waals surface area contributed by atoms with Gasteiger partial charge < -0.3 is 4.74 Å². The van der Waals surface area contributed by atoms with Crippen molar-refractivity contribution < 1.29 is 14.3 Å². The van der Waals surface area contributed by atoms with Crippen molar-refractivity contribution >= 4 is 17.5 Å². The third kappa shape index (κ3) is 1.94. The van der Waals surface area contributed by atoms with Gasteiger partial charge in [0.25, 0.3) is 0 Å². The highest BCUT2D eigenvalue weighted by molar-refractivity contribution is 6.23. The molecule has 3 aliphatic carbocycles. The molecule has 3 fully saturated rings. The normalized spacial score (nSPS) is 33.6. The third-order valence-electron chi connectivity index (χ3n) is 6.82. The van der Waals surface area contributed by atoms with Crippen molar-refractivity contribution in [1.29, 1.82) is 0 Å². The van der Waals surface area contributed by atoms with Crippen LogP contribution in [0.3, 0.4) is 0 Å². The first-order valence-corrected chi connectivity index (χ1v) is 9.45. The number of imide groups is 1. The second-order valence-electron chi connectivity index (χ2n) is 7.78. The van der Waals surface area contributed by atoms with Crippen molar-refractivity contribution in [2.24, 2.45) is 23.7 Å². The standard InChI is InChI=1S/C21H23NO3/c1-25-17-11-3-2-10-16(17)22-20(23)18-14-8-4-6-12(14)13-7-5-9-15(13)19(18)21(22)24/h2-3,10-11,14-15,18-19H,4-9H2,1H3. The van der Waals surface area contributed by atoms with Gasteiger partial charge in [-0.15, -0.1) is 0 Å². The van der Waals surface area contributed by atoms with E-state index in [0.717, 1.165) is 38.5 Å². The lowest BCUT2D eigenvalue weighted by Crippen LogP contribution is -2.35. The molecule has 2 amide bonds. The lowest BCUT2D eigenvalue weighted by atomic mass is 9.66. The first kappa shape index (κ1) is 15.2. The first-order valence-electron chi connectivity index (χ1n) is 9.45. The largest absolute Gasteiger partial charge is 0.495 e. The average Bonchev–Trinajstić information content (AvgIpc) is 3.33. The lowest BCUT2D eigenvalue weighted by Gasteiger charge is -2.34. The maximum Gasteiger partial charge on any atom is 0.238 e. The molecule has 4 heteroatoms. The predicted octanol–water partition coefficient (Wildman–Crippen LogP) is 3.71. The summed E-state index contributed by atoms with van der Waals surface area (Å²) in [5.74, 6) is 0.873. The molecule has 4 atom stereocenters. The van der Waals surface area contributed by atoms with E-state index in [1.54, 1.807) is 7.11 Å². The Labute approximate surface area is 147 Å². The van der Waals surface area contributed by atoms with Gasteiger partial charge in [0.15, 0.2) is 0 Å². The van der Waals surface area contributed by atoms with Gasteiger partial charge in [-0.1, -0.05) is 23.3 Å². The topological polar surface area (TPSA) is 46.6 Å². The third-order valence-corrected chi connectivity index (χ3v) is 6.82. The number of methoxy groups -OCH3 is 1. The van der Waals surface area contributed by atoms with Crippen molar-refractivity contribution in [3.8, 4) is 5.75 Å². The van der Waals surface area contributed by atoms with Gasteiger partial charge in [0.2, 0.25) is 11.8 Å². The molecule has 0 spiro atoms. The molecule has 5 rings (SSSR count). The fraction of sp³-hybridized carbons (Fsp3) is 0.524. The van der Waals surface area contributed by atoms with E-state index in [9.17, 15) is 9.59 Å². The highest BCUT2D eigenvalue weighted by Crippen LogP contribution is 2.58. The number of hydrogen-bond donors (Lipinski definition) is 0. The summed E-state index contributed by atoms with van der Waals surface area (Å²) >= 11 is 0. The second-order valence-corrected chi connectivity index (χ2v) is 7.78. The highest BCUT2D eigenvalue weighted by Gasteiger charge is 2.59. The van der Waals surface area contributed by atoms with Gasteiger partial charge >= 0.3 is 0 Å². The van der Waals surface area contributed by atoms with Crippen molar-refractivity contribution in [3.63, 3.8) is 0 Å². The summed E-state index contributed by atoms with van der Waals surface area (Å²) in [6, 6.07) is 7.37. The number of amides is 2. The van der Waals surface area contributed by atoms with Crippen LogP contribution < -0.4 is 9.64 Å². The summed E-state index contributed by atoms with van der Waals surface area (Å²) in [5, 5.41) is 0. The van der Waals surface area contributed by atoms with E-state index in [1.165, 1.54) is 16.0 Å². The summed E-state index contributed by atoms with van der Waals surface area (Å²) in [5.41, 5.74) is 3.67. The lowest BCUT2D eigenvalue weighted by molar-refractivity contribution is -0.122. The van der Waals surface area contributed by atoms with Crippen molar-refractivity contribution in [2.75, 3.05) is 12.0 Å². The molecule has 130 valence electrons. The smallest absolute Gasteiger partial charge is 0.238 e. The molecule has 1 saturated heterocycles. The molecule has 1 aliphatic heterocycles. The van der Waals surface area contributed by atoms with Crippen LogP contribution in [-0.4, -0.2) is 18.9 Å². The van der Waals surface area contributed by atoms with Crippen LogP contribution in [0.25, 0.3) is 0 Å². The molecule has 0 radical (unpaired) electrons. The number of ether oxygens (including phenoxy) is 1. The van der Waals surface area contributed by atoms with E-state index in [0.29, 0.717) is 23.3 Å². The minimum absolute atomic E-state index is 0.00477. The molecule has 1 aromatic carbocycles. The van der Waals surface area contributed by atoms with E-state index in [1.807, 2.05) is 24.3 Å². The van der Waals surface area contributed by atoms with Gasteiger partial charge in [-0.2, -0.15) is 0 Å². The Hall–Kier alpha value is -2.10. The zero-order valence-electron chi connectivity index (χ0n) is 14.5. The molecule has 25 heavy (non-hydrogen) atoms. The molecule has 1 aromatic rings. The molecular formula is C21H23NO3. The molecule has 0 bridgehead atoms. The maximum atomic E-state index is 13.4. The molecular weight excluding hydrogens is 314 g/mol. The Morgan fingerprint density at radius 1 is 0.920 bits per heavy atom. The van der Waals surface area contributed by atoms with Gasteiger partial charge in [0.1, 0.15) is 5.75 Å². The summed E-state index contributed by atoms with van der Waals surface area (Å²) < 4.78 is 5.42. The molecule has 4 nitrogen and oxygen atoms in total. The Kier molecular flexibility index (Phi) is 3.31. The monoisotopic (exact) mass is 337 g/mol. The van der Waals surface area contributed by atoms with Crippen molar-refractivity contribution in [2.45, 2.75) is 38.5 Å². The fourth-order valence-electron chi connectivity index (χ4n) is 5.94. The first-order chi connectivity index (χ1) is 12.2. The molecule has 4 unspecified atom stereocenters. The predicted molar refractivity (Wildman–Crippen MR) is 94.2 cm³/mol. The van der Waals surface area contributed by atoms with Gasteiger partial charge in [-0.05, 0) is 62.5 Å². The van der Waals surface area contributed by atoms with Crippen LogP contribution in [0.15, 0.2) is 35.4 Å². The SMILES string of the molecule is COc1ccccc1N1C(=O)C2C3CCCC3=C3CCCC3C2C1=O. The Bertz CT molecular complexity index is 754. The van der Waals surface area contributed by atoms with Crippen LogP contribution in [0.1, 0.15) is 38.5 Å². The van der Waals surface area contributed by atoms with Crippen LogP contribution in [0, 0.1) is 23.7 Å². The molecule has 0 N–H and O–H groups in total. The minimum atomic E-state index is -0.151. The van der Waals surface area contributed by atoms with Gasteiger partial charge in [-0.3, -0.25) is 9.59 Å². The average molecular weight is 337 g/mol. The molecule has 4 aliphatic rings. The Morgan fingerprint density at radius 3 is 2.04 bits per heavy atom. The van der Waals surface area contributed by atoms with E-state index in [-0.39, 0.29) is 23.7 Å². The summed E-state index contributed by atoms with van der Waals surface area (Å²) in [6.45, 7) is 0. The Morgan fingerprint density at radius 2 is 1.48 bits per heavy atom. The molecule has 2 saturated carbocycles. The number of fused-ring (bicyclic) bond motifs is 5. The van der Waals surface area contributed by atoms with Gasteiger partial charge in [0, 0.05) is 0 Å². The Balaban J connectivity index is 1.62. The van der Waals surface area contributed by atoms with Crippen LogP contribution in [-0.2, 0) is 9.59 Å². The number of para-hydroxylation sites is 2. The van der Waals surface area contributed by atoms with Crippen LogP contribution >= 0.6 is 0 Å². The second kappa shape index (κ2) is 5.45. The number of carbonyl (C=O) groups is 2. The van der Waals surface area contributed by atoms with Gasteiger partial charge in [-0.25, -0.2) is 4.90 Å². The minimum Gasteiger partial charge on any atom is -0.495 e. The van der Waals surface area contributed by atoms with E-state index in [2.05, 4.69) is 0 Å². The van der Waals surface area contributed by atoms with E-state index >= 15 is 0 Å². The number of allylic oxidation sites excluding steroid dienone is 2. The fourth-order valence-corrected chi connectivity index (χ4v) is 5.94. The van der Waals surface area contributed by atoms with Crippen LogP contribution in [0.4, 0.5) is 5.69 Å². The van der Waals surface area contributed by atoms with Gasteiger partial charge in [0.05, 0.1) is 24.6 Å². The van der Waals surface area contributed by atoms with Crippen molar-refractivity contribution in [1.82, 2.24) is 0 Å². The number of anilines is 1. The number of rotatable bonds is 2. The molecule has 0 aromatic heterocycles.